The number of amides is 2. The molecule has 0 radical (unpaired) electrons. The number of carbonyl (C=O) groups excluding carboxylic acids is 2. The zero-order valence-electron chi connectivity index (χ0n) is 17.0. The van der Waals surface area contributed by atoms with Gasteiger partial charge in [0.05, 0.1) is 6.10 Å². The summed E-state index contributed by atoms with van der Waals surface area (Å²) in [6, 6.07) is 2.22. The maximum Gasteiger partial charge on any atom is 0.411 e. The van der Waals surface area contributed by atoms with E-state index in [1.807, 2.05) is 0 Å². The van der Waals surface area contributed by atoms with Gasteiger partial charge in [0.1, 0.15) is 18.2 Å². The molecule has 6 nitrogen and oxygen atoms in total. The van der Waals surface area contributed by atoms with Gasteiger partial charge in [-0.15, -0.1) is 0 Å². The Morgan fingerprint density at radius 3 is 2.38 bits per heavy atom. The smallest absolute Gasteiger partial charge is 0.411 e. The van der Waals surface area contributed by atoms with Crippen molar-refractivity contribution >= 4 is 17.7 Å². The van der Waals surface area contributed by atoms with E-state index in [-0.39, 0.29) is 47.6 Å². The van der Waals surface area contributed by atoms with Crippen LogP contribution in [0.25, 0.3) is 0 Å². The molecule has 3 rings (SSSR count). The number of nitrogens with zero attached hydrogens (tertiary/aromatic N) is 1. The first kappa shape index (κ1) is 21.5. The van der Waals surface area contributed by atoms with Crippen LogP contribution in [-0.4, -0.2) is 49.3 Å². The SMILES string of the molecule is CCCCOCC(=O)N1C[C@@H]2[C@H](C1)[C@H]2c1c(F)cc(NC(=O)OC(C)C)cc1F. The van der Waals surface area contributed by atoms with Crippen LogP contribution in [0.15, 0.2) is 12.1 Å². The number of likely N-dealkylation sites (tertiary alicyclic amines) is 1. The van der Waals surface area contributed by atoms with Crippen LogP contribution in [0.2, 0.25) is 0 Å². The zero-order chi connectivity index (χ0) is 21.1. The molecule has 1 heterocycles. The molecule has 1 aliphatic heterocycles. The highest BCUT2D eigenvalue weighted by Crippen LogP contribution is 2.59. The van der Waals surface area contributed by atoms with Gasteiger partial charge in [-0.3, -0.25) is 10.1 Å². The molecule has 8 heteroatoms. The molecule has 0 spiro atoms. The molecule has 1 aromatic carbocycles. The van der Waals surface area contributed by atoms with Gasteiger partial charge in [0.2, 0.25) is 5.91 Å². The van der Waals surface area contributed by atoms with Crippen molar-refractivity contribution in [1.29, 1.82) is 0 Å². The first-order valence-electron chi connectivity index (χ1n) is 10.1. The lowest BCUT2D eigenvalue weighted by molar-refractivity contribution is -0.135. The molecule has 2 aliphatic rings. The van der Waals surface area contributed by atoms with E-state index in [9.17, 15) is 18.4 Å². The lowest BCUT2D eigenvalue weighted by Gasteiger charge is -2.20. The molecular formula is C21H28F2N2O4. The number of fused-ring (bicyclic) bond motifs is 1. The van der Waals surface area contributed by atoms with E-state index in [0.29, 0.717) is 19.7 Å². The van der Waals surface area contributed by atoms with Crippen LogP contribution in [0.3, 0.4) is 0 Å². The van der Waals surface area contributed by atoms with Crippen molar-refractivity contribution in [2.75, 3.05) is 31.6 Å². The van der Waals surface area contributed by atoms with Crippen molar-refractivity contribution in [3.8, 4) is 0 Å². The van der Waals surface area contributed by atoms with Crippen LogP contribution < -0.4 is 5.32 Å². The number of carbonyl (C=O) groups is 2. The molecule has 1 N–H and O–H groups in total. The van der Waals surface area contributed by atoms with Gasteiger partial charge in [-0.2, -0.15) is 0 Å². The Morgan fingerprint density at radius 1 is 1.21 bits per heavy atom. The molecule has 1 saturated heterocycles. The van der Waals surface area contributed by atoms with Gasteiger partial charge in [-0.25, -0.2) is 13.6 Å². The summed E-state index contributed by atoms with van der Waals surface area (Å²) in [6.45, 7) is 7.02. The number of halogens is 2. The van der Waals surface area contributed by atoms with Crippen molar-refractivity contribution in [1.82, 2.24) is 4.90 Å². The number of ether oxygens (including phenoxy) is 2. The van der Waals surface area contributed by atoms with Gasteiger partial charge in [0.15, 0.2) is 0 Å². The normalized spacial score (nSPS) is 22.6. The predicted molar refractivity (Wildman–Crippen MR) is 104 cm³/mol. The zero-order valence-corrected chi connectivity index (χ0v) is 17.0. The Labute approximate surface area is 169 Å². The molecule has 2 fully saturated rings. The highest BCUT2D eigenvalue weighted by Gasteiger charge is 2.58. The minimum atomic E-state index is -0.759. The average Bonchev–Trinajstić information content (AvgIpc) is 3.09. The molecule has 0 bridgehead atoms. The standard InChI is InChI=1S/C21H28F2N2O4/c1-4-5-6-28-11-18(26)25-9-14-15(10-25)19(14)20-16(22)7-13(8-17(20)23)24-21(27)29-12(2)3/h7-8,12,14-15,19H,4-6,9-11H2,1-3H3,(H,24,27)/t14-,15+,19+. The third-order valence-corrected chi connectivity index (χ3v) is 5.42. The maximum absolute atomic E-state index is 14.6. The highest BCUT2D eigenvalue weighted by atomic mass is 19.1. The molecule has 1 aromatic rings. The van der Waals surface area contributed by atoms with Crippen LogP contribution in [0.4, 0.5) is 19.3 Å². The summed E-state index contributed by atoms with van der Waals surface area (Å²) >= 11 is 0. The van der Waals surface area contributed by atoms with Crippen LogP contribution >= 0.6 is 0 Å². The van der Waals surface area contributed by atoms with Crippen molar-refractivity contribution in [3.05, 3.63) is 29.3 Å². The lowest BCUT2D eigenvalue weighted by atomic mass is 10.0. The minimum absolute atomic E-state index is 0.0150. The number of anilines is 1. The molecule has 29 heavy (non-hydrogen) atoms. The topological polar surface area (TPSA) is 67.9 Å². The second-order valence-electron chi connectivity index (χ2n) is 7.99. The summed E-state index contributed by atoms with van der Waals surface area (Å²) in [4.78, 5) is 25.5. The van der Waals surface area contributed by atoms with E-state index >= 15 is 0 Å². The van der Waals surface area contributed by atoms with E-state index in [1.54, 1.807) is 18.7 Å². The van der Waals surface area contributed by atoms with Gasteiger partial charge in [0, 0.05) is 30.9 Å². The first-order valence-corrected chi connectivity index (χ1v) is 10.1. The van der Waals surface area contributed by atoms with Crippen molar-refractivity contribution in [3.63, 3.8) is 0 Å². The number of hydrogen-bond acceptors (Lipinski definition) is 4. The quantitative estimate of drug-likeness (QED) is 0.660. The summed E-state index contributed by atoms with van der Waals surface area (Å²) in [6.07, 6.45) is 0.829. The second-order valence-corrected chi connectivity index (χ2v) is 7.99. The fraction of sp³-hybridized carbons (Fsp3) is 0.619. The lowest BCUT2D eigenvalue weighted by Crippen LogP contribution is -2.34. The van der Waals surface area contributed by atoms with E-state index in [2.05, 4.69) is 12.2 Å². The summed E-state index contributed by atoms with van der Waals surface area (Å²) in [7, 11) is 0. The Hall–Kier alpha value is -2.22. The molecule has 0 aromatic heterocycles. The van der Waals surface area contributed by atoms with Gasteiger partial charge in [-0.1, -0.05) is 13.3 Å². The Balaban J connectivity index is 1.56. The van der Waals surface area contributed by atoms with Crippen molar-refractivity contribution < 1.29 is 27.8 Å². The Morgan fingerprint density at radius 2 is 1.83 bits per heavy atom. The molecule has 3 atom stereocenters. The number of piperidine rings is 1. The van der Waals surface area contributed by atoms with E-state index in [1.165, 1.54) is 0 Å². The Kier molecular flexibility index (Phi) is 6.72. The first-order chi connectivity index (χ1) is 13.8. The largest absolute Gasteiger partial charge is 0.447 e. The predicted octanol–water partition coefficient (Wildman–Crippen LogP) is 3.91. The molecule has 1 aliphatic carbocycles. The van der Waals surface area contributed by atoms with Crippen molar-refractivity contribution in [2.24, 2.45) is 11.8 Å². The minimum Gasteiger partial charge on any atom is -0.447 e. The average molecular weight is 410 g/mol. The number of unbranched alkanes of at least 4 members (excludes halogenated alkanes) is 1. The highest BCUT2D eigenvalue weighted by molar-refractivity contribution is 5.84. The third kappa shape index (κ3) is 5.04. The van der Waals surface area contributed by atoms with Crippen LogP contribution in [-0.2, 0) is 14.3 Å². The fourth-order valence-corrected chi connectivity index (χ4v) is 3.99. The van der Waals surface area contributed by atoms with E-state index in [4.69, 9.17) is 9.47 Å². The summed E-state index contributed by atoms with van der Waals surface area (Å²) in [5, 5.41) is 2.33. The van der Waals surface area contributed by atoms with E-state index < -0.39 is 17.7 Å². The summed E-state index contributed by atoms with van der Waals surface area (Å²) in [5.41, 5.74) is 0.0512. The van der Waals surface area contributed by atoms with Crippen LogP contribution in [0, 0.1) is 23.5 Å². The van der Waals surface area contributed by atoms with Gasteiger partial charge >= 0.3 is 6.09 Å². The van der Waals surface area contributed by atoms with Gasteiger partial charge in [0.25, 0.3) is 0 Å². The molecule has 1 saturated carbocycles. The number of nitrogens with one attached hydrogen (secondary N) is 1. The Bertz CT molecular complexity index is 736. The van der Waals surface area contributed by atoms with Crippen LogP contribution in [0.1, 0.15) is 45.1 Å². The number of rotatable bonds is 8. The van der Waals surface area contributed by atoms with Crippen molar-refractivity contribution in [2.45, 2.75) is 45.6 Å². The monoisotopic (exact) mass is 410 g/mol. The molecule has 2 amide bonds. The van der Waals surface area contributed by atoms with E-state index in [0.717, 1.165) is 25.0 Å². The molecule has 160 valence electrons. The number of hydrogen-bond donors (Lipinski definition) is 1. The molecular weight excluding hydrogens is 382 g/mol. The second kappa shape index (κ2) is 9.07. The third-order valence-electron chi connectivity index (χ3n) is 5.42. The number of benzene rings is 1. The van der Waals surface area contributed by atoms with Gasteiger partial charge in [-0.05, 0) is 50.2 Å². The summed E-state index contributed by atoms with van der Waals surface area (Å²) in [5.74, 6) is -1.57. The molecule has 0 unspecified atom stereocenters. The maximum atomic E-state index is 14.6. The van der Waals surface area contributed by atoms with Gasteiger partial charge < -0.3 is 14.4 Å². The fourth-order valence-electron chi connectivity index (χ4n) is 3.99. The summed E-state index contributed by atoms with van der Waals surface area (Å²) < 4.78 is 39.4. The van der Waals surface area contributed by atoms with Crippen LogP contribution in [0.5, 0.6) is 0 Å².